The molecule has 1 heterocycles. The number of para-hydroxylation sites is 1. The Morgan fingerprint density at radius 3 is 2.03 bits per heavy atom. The molecule has 5 nitrogen and oxygen atoms in total. The average molecular weight is 454 g/mol. The molecule has 3 aromatic carbocycles. The molecule has 0 radical (unpaired) electrons. The zero-order chi connectivity index (χ0) is 23.0. The Bertz CT molecular complexity index is 1250. The van der Waals surface area contributed by atoms with E-state index >= 15 is 0 Å². The van der Waals surface area contributed by atoms with Crippen LogP contribution in [0.5, 0.6) is 0 Å². The lowest BCUT2D eigenvalue weighted by Crippen LogP contribution is -2.20. The Balaban J connectivity index is 1.85. The van der Waals surface area contributed by atoms with Crippen LogP contribution in [0.4, 0.5) is 5.69 Å². The molecule has 0 bridgehead atoms. The van der Waals surface area contributed by atoms with E-state index < -0.39 is 0 Å². The first-order valence-electron chi connectivity index (χ1n) is 10.7. The van der Waals surface area contributed by atoms with Gasteiger partial charge in [0.1, 0.15) is 5.69 Å². The van der Waals surface area contributed by atoms with Crippen LogP contribution in [-0.4, -0.2) is 27.8 Å². The van der Waals surface area contributed by atoms with Gasteiger partial charge in [0, 0.05) is 16.8 Å². The van der Waals surface area contributed by atoms with Crippen molar-refractivity contribution in [2.75, 3.05) is 11.9 Å². The van der Waals surface area contributed by atoms with Gasteiger partial charge in [-0.2, -0.15) is 5.10 Å². The van der Waals surface area contributed by atoms with Gasteiger partial charge in [-0.25, -0.2) is 0 Å². The van der Waals surface area contributed by atoms with Crippen LogP contribution in [-0.2, 0) is 16.0 Å². The Kier molecular flexibility index (Phi) is 7.17. The summed E-state index contributed by atoms with van der Waals surface area (Å²) < 4.78 is 5.75. The highest BCUT2D eigenvalue weighted by Crippen LogP contribution is 2.35. The number of hydrogen-bond donors (Lipinski definition) is 1. The van der Waals surface area contributed by atoms with Crippen LogP contribution < -0.4 is 5.32 Å². The third kappa shape index (κ3) is 5.30. The summed E-state index contributed by atoms with van der Waals surface area (Å²) in [5, 5.41) is 12.2. The summed E-state index contributed by atoms with van der Waals surface area (Å²) in [7, 11) is 0. The molecule has 0 spiro atoms. The molecule has 0 fully saturated rings. The second-order valence-electron chi connectivity index (χ2n) is 7.29. The summed E-state index contributed by atoms with van der Waals surface area (Å²) in [6.07, 6.45) is 0.0132. The second-order valence-corrected chi connectivity index (χ2v) is 7.66. The first-order chi connectivity index (χ1) is 16.2. The summed E-state index contributed by atoms with van der Waals surface area (Å²) in [6.45, 7) is 2.29. The highest BCUT2D eigenvalue weighted by Gasteiger charge is 2.24. The van der Waals surface area contributed by atoms with Crippen molar-refractivity contribution in [1.82, 2.24) is 10.2 Å². The molecule has 0 aliphatic heterocycles. The maximum Gasteiger partial charge on any atom is 0.230 e. The van der Waals surface area contributed by atoms with Crippen LogP contribution in [0, 0.1) is 0 Å². The lowest BCUT2D eigenvalue weighted by atomic mass is 9.93. The molecule has 0 atom stereocenters. The van der Waals surface area contributed by atoms with Crippen LogP contribution in [0.1, 0.15) is 18.2 Å². The van der Waals surface area contributed by atoms with Crippen LogP contribution >= 0.6 is 12.2 Å². The fraction of sp³-hybridized carbons (Fsp3) is 0.111. The van der Waals surface area contributed by atoms with Crippen molar-refractivity contribution in [2.45, 2.75) is 13.3 Å². The van der Waals surface area contributed by atoms with Gasteiger partial charge in [0.15, 0.2) is 5.05 Å². The van der Waals surface area contributed by atoms with E-state index in [-0.39, 0.29) is 12.3 Å². The molecule has 164 valence electrons. The topological polar surface area (TPSA) is 64.1 Å². The molecule has 0 aliphatic rings. The van der Waals surface area contributed by atoms with Gasteiger partial charge in [0.2, 0.25) is 5.91 Å². The van der Waals surface area contributed by atoms with Crippen molar-refractivity contribution in [3.8, 4) is 22.4 Å². The first-order valence-corrected chi connectivity index (χ1v) is 11.1. The quantitative estimate of drug-likeness (QED) is 0.364. The number of nitrogens with zero attached hydrogens (tertiary/aromatic N) is 2. The first kappa shape index (κ1) is 22.3. The smallest absolute Gasteiger partial charge is 0.230 e. The van der Waals surface area contributed by atoms with Crippen LogP contribution in [0.3, 0.4) is 0 Å². The normalized spacial score (nSPS) is 10.5. The predicted molar refractivity (Wildman–Crippen MR) is 135 cm³/mol. The van der Waals surface area contributed by atoms with Gasteiger partial charge in [-0.05, 0) is 36.8 Å². The van der Waals surface area contributed by atoms with Gasteiger partial charge in [-0.3, -0.25) is 4.79 Å². The third-order valence-electron chi connectivity index (χ3n) is 5.02. The number of aromatic nitrogens is 2. The molecule has 1 amide bonds. The number of benzene rings is 3. The molecule has 0 saturated heterocycles. The van der Waals surface area contributed by atoms with Gasteiger partial charge in [0.25, 0.3) is 0 Å². The van der Waals surface area contributed by atoms with E-state index in [1.54, 1.807) is 0 Å². The summed E-state index contributed by atoms with van der Waals surface area (Å²) >= 11 is 5.67. The lowest BCUT2D eigenvalue weighted by Gasteiger charge is -2.18. The Morgan fingerprint density at radius 1 is 0.848 bits per heavy atom. The maximum absolute atomic E-state index is 12.9. The van der Waals surface area contributed by atoms with Gasteiger partial charge in [-0.1, -0.05) is 78.9 Å². The van der Waals surface area contributed by atoms with E-state index in [1.807, 2.05) is 97.9 Å². The van der Waals surface area contributed by atoms with Crippen molar-refractivity contribution in [3.63, 3.8) is 0 Å². The molecule has 1 aromatic heterocycles. The lowest BCUT2D eigenvalue weighted by molar-refractivity contribution is -0.115. The number of nitrogens with one attached hydrogen (secondary N) is 1. The predicted octanol–water partition coefficient (Wildman–Crippen LogP) is 5.70. The molecular weight excluding hydrogens is 430 g/mol. The minimum absolute atomic E-state index is 0.0132. The molecule has 0 unspecified atom stereocenters. The SMILES string of the molecule is CCOC(=S)c1c(CC(=O)Nc2ccccc2)nnc(-c2ccccc2)c1-c1ccccc1. The summed E-state index contributed by atoms with van der Waals surface area (Å²) in [5.74, 6) is -0.206. The van der Waals surface area contributed by atoms with Crippen molar-refractivity contribution in [1.29, 1.82) is 0 Å². The molecule has 1 N–H and O–H groups in total. The van der Waals surface area contributed by atoms with E-state index in [0.29, 0.717) is 34.3 Å². The van der Waals surface area contributed by atoms with Crippen LogP contribution in [0.15, 0.2) is 91.0 Å². The van der Waals surface area contributed by atoms with Gasteiger partial charge in [0.05, 0.1) is 24.3 Å². The number of rotatable bonds is 7. The molecule has 4 aromatic rings. The van der Waals surface area contributed by atoms with E-state index in [1.165, 1.54) is 0 Å². The molecule has 0 aliphatic carbocycles. The van der Waals surface area contributed by atoms with E-state index in [0.717, 1.165) is 16.7 Å². The van der Waals surface area contributed by atoms with Gasteiger partial charge >= 0.3 is 0 Å². The third-order valence-corrected chi connectivity index (χ3v) is 5.34. The van der Waals surface area contributed by atoms with E-state index in [4.69, 9.17) is 17.0 Å². The minimum Gasteiger partial charge on any atom is -0.483 e. The fourth-order valence-corrected chi connectivity index (χ4v) is 3.92. The summed E-state index contributed by atoms with van der Waals surface area (Å²) in [4.78, 5) is 12.9. The summed E-state index contributed by atoms with van der Waals surface area (Å²) in [5.41, 5.74) is 5.13. The monoisotopic (exact) mass is 453 g/mol. The van der Waals surface area contributed by atoms with Crippen molar-refractivity contribution in [3.05, 3.63) is 102 Å². The molecule has 6 heteroatoms. The maximum atomic E-state index is 12.9. The van der Waals surface area contributed by atoms with Crippen molar-refractivity contribution in [2.24, 2.45) is 0 Å². The minimum atomic E-state index is -0.206. The van der Waals surface area contributed by atoms with Crippen molar-refractivity contribution < 1.29 is 9.53 Å². The highest BCUT2D eigenvalue weighted by atomic mass is 32.1. The van der Waals surface area contributed by atoms with Gasteiger partial charge in [-0.15, -0.1) is 5.10 Å². The van der Waals surface area contributed by atoms with Crippen LogP contribution in [0.25, 0.3) is 22.4 Å². The van der Waals surface area contributed by atoms with Gasteiger partial charge < -0.3 is 10.1 Å². The highest BCUT2D eigenvalue weighted by molar-refractivity contribution is 7.80. The Hall–Kier alpha value is -3.90. The second kappa shape index (κ2) is 10.6. The molecular formula is C27H23N3O2S. The van der Waals surface area contributed by atoms with Crippen molar-refractivity contribution >= 4 is 28.9 Å². The van der Waals surface area contributed by atoms with Crippen LogP contribution in [0.2, 0.25) is 0 Å². The number of carbonyl (C=O) groups excluding carboxylic acids is 1. The number of thiocarbonyl (C=S) groups is 1. The summed E-state index contributed by atoms with van der Waals surface area (Å²) in [6, 6.07) is 29.0. The number of hydrogen-bond acceptors (Lipinski definition) is 5. The molecule has 33 heavy (non-hydrogen) atoms. The molecule has 4 rings (SSSR count). The van der Waals surface area contributed by atoms with E-state index in [2.05, 4.69) is 15.5 Å². The standard InChI is InChI=1S/C27H23N3O2S/c1-2-32-27(33)25-22(18-23(31)28-21-16-10-5-11-17-21)29-30-26(20-14-8-4-9-15-20)24(25)19-12-6-3-7-13-19/h3-17H,2,18H2,1H3,(H,28,31). The number of carbonyl (C=O) groups is 1. The zero-order valence-corrected chi connectivity index (χ0v) is 19.0. The number of amides is 1. The Labute approximate surface area is 198 Å². The average Bonchev–Trinajstić information content (AvgIpc) is 2.85. The zero-order valence-electron chi connectivity index (χ0n) is 18.2. The fourth-order valence-electron chi connectivity index (χ4n) is 3.58. The number of anilines is 1. The van der Waals surface area contributed by atoms with E-state index in [9.17, 15) is 4.79 Å². The largest absolute Gasteiger partial charge is 0.483 e. The Morgan fingerprint density at radius 2 is 1.42 bits per heavy atom. The molecule has 0 saturated carbocycles. The number of ether oxygens (including phenoxy) is 1.